The average molecular weight is 572 g/mol. The molecule has 0 fully saturated rings. The molecule has 1 heterocycles. The predicted molar refractivity (Wildman–Crippen MR) is 143 cm³/mol. The van der Waals surface area contributed by atoms with Gasteiger partial charge < -0.3 is 34.6 Å². The van der Waals surface area contributed by atoms with E-state index in [0.717, 1.165) is 5.75 Å². The van der Waals surface area contributed by atoms with E-state index in [0.29, 0.717) is 0 Å². The van der Waals surface area contributed by atoms with Gasteiger partial charge in [-0.05, 0) is 40.4 Å². The van der Waals surface area contributed by atoms with E-state index in [1.165, 1.54) is 33.3 Å². The summed E-state index contributed by atoms with van der Waals surface area (Å²) >= 11 is 0. The maximum absolute atomic E-state index is 6.93. The fraction of sp³-hybridized carbons (Fsp3) is 0.480. The van der Waals surface area contributed by atoms with Gasteiger partial charge in [0.15, 0.2) is 0 Å². The van der Waals surface area contributed by atoms with Gasteiger partial charge in [-0.2, -0.15) is 0 Å². The van der Waals surface area contributed by atoms with Crippen LogP contribution in [0.25, 0.3) is 21.5 Å². The first-order valence-corrected chi connectivity index (χ1v) is 21.5. The van der Waals surface area contributed by atoms with Crippen LogP contribution in [0.2, 0.25) is 45.3 Å². The molecule has 1 unspecified atom stereocenters. The summed E-state index contributed by atoms with van der Waals surface area (Å²) in [4.78, 5) is 0. The van der Waals surface area contributed by atoms with Crippen molar-refractivity contribution in [1.29, 1.82) is 0 Å². The summed E-state index contributed by atoms with van der Waals surface area (Å²) in [5, 5.41) is 12.9. The monoisotopic (exact) mass is 570 g/mol. The summed E-state index contributed by atoms with van der Waals surface area (Å²) < 4.78 is 6.93. The van der Waals surface area contributed by atoms with Crippen LogP contribution in [-0.2, 0) is 21.7 Å². The number of hydrogen-bond acceptors (Lipinski definition) is 2. The van der Waals surface area contributed by atoms with E-state index in [1.807, 2.05) is 0 Å². The standard InChI is InChI=1S/C25H38NOSi3.2ClH.Ti/c1-11-29(8,9)30(10)23-19-16-17-14-12-13-15-18(17)20(19)22(27-28(5,6)7)21(24(23)30)26-25(2,3)4;;;/h12-16,26H,11H2,1-10H3;2*1H;/q-1;;;+3/p-2. The van der Waals surface area contributed by atoms with Crippen molar-refractivity contribution in [2.45, 2.75) is 78.6 Å². The summed E-state index contributed by atoms with van der Waals surface area (Å²) in [6.07, 6.45) is 0. The fourth-order valence-electron chi connectivity index (χ4n) is 4.99. The quantitative estimate of drug-likeness (QED) is 0.355. The van der Waals surface area contributed by atoms with Crippen LogP contribution in [0.1, 0.15) is 27.7 Å². The molecule has 0 saturated carbocycles. The predicted octanol–water partition coefficient (Wildman–Crippen LogP) is 0.454. The van der Waals surface area contributed by atoms with Crippen LogP contribution in [0, 0.1) is 0 Å². The van der Waals surface area contributed by atoms with Crippen LogP contribution in [-0.4, -0.2) is 29.0 Å². The molecule has 3 aromatic carbocycles. The summed E-state index contributed by atoms with van der Waals surface area (Å²) in [5.41, 5.74) is 1.32. The topological polar surface area (TPSA) is 21.3 Å². The van der Waals surface area contributed by atoms with Crippen LogP contribution in [0.15, 0.2) is 30.3 Å². The fourth-order valence-corrected chi connectivity index (χ4v) is 18.8. The van der Waals surface area contributed by atoms with Gasteiger partial charge in [-0.15, -0.1) is 33.5 Å². The van der Waals surface area contributed by atoms with Crippen molar-refractivity contribution in [3.63, 3.8) is 0 Å². The van der Waals surface area contributed by atoms with Gasteiger partial charge in [0.25, 0.3) is 0 Å². The minimum atomic E-state index is -1.80. The van der Waals surface area contributed by atoms with Crippen LogP contribution in [0.5, 0.6) is 5.75 Å². The minimum absolute atomic E-state index is 0. The third kappa shape index (κ3) is 5.07. The average Bonchev–Trinajstić information content (AvgIpc) is 3.08. The van der Waals surface area contributed by atoms with Crippen molar-refractivity contribution in [1.82, 2.24) is 0 Å². The zero-order valence-electron chi connectivity index (χ0n) is 21.8. The molecule has 1 N–H and O–H groups in total. The maximum Gasteiger partial charge on any atom is 3.00 e. The molecule has 8 heteroatoms. The molecule has 0 aliphatic carbocycles. The molecular formula is C25H38Cl2NOSi3Ti. The molecule has 0 saturated heterocycles. The summed E-state index contributed by atoms with van der Waals surface area (Å²) in [5.74, 6) is 1.14. The Kier molecular flexibility index (Phi) is 9.10. The smallest absolute Gasteiger partial charge is 1.00 e. The Morgan fingerprint density at radius 2 is 1.58 bits per heavy atom. The second-order valence-electron chi connectivity index (χ2n) is 11.9. The van der Waals surface area contributed by atoms with E-state index in [2.05, 4.69) is 103 Å². The van der Waals surface area contributed by atoms with Gasteiger partial charge in [0.1, 0.15) is 0 Å². The van der Waals surface area contributed by atoms with Gasteiger partial charge in [-0.1, -0.05) is 61.4 Å². The minimum Gasteiger partial charge on any atom is -1.00 e. The molecule has 1 aliphatic heterocycles. The van der Waals surface area contributed by atoms with Gasteiger partial charge in [0.2, 0.25) is 8.32 Å². The second-order valence-corrected chi connectivity index (χ2v) is 31.1. The van der Waals surface area contributed by atoms with Gasteiger partial charge in [0.05, 0.1) is 19.0 Å². The second kappa shape index (κ2) is 9.72. The Balaban J connectivity index is 0.00000181. The molecule has 0 spiro atoms. The molecular weight excluding hydrogens is 533 g/mol. The summed E-state index contributed by atoms with van der Waals surface area (Å²) in [6.45, 7) is 24.0. The number of benzene rings is 2. The van der Waals surface area contributed by atoms with Crippen molar-refractivity contribution in [3.05, 3.63) is 30.3 Å². The molecule has 0 bridgehead atoms. The molecule has 33 heavy (non-hydrogen) atoms. The number of anilines is 1. The molecule has 1 aliphatic rings. The molecule has 2 nitrogen and oxygen atoms in total. The van der Waals surface area contributed by atoms with Crippen molar-refractivity contribution in [2.24, 2.45) is 0 Å². The van der Waals surface area contributed by atoms with E-state index in [4.69, 9.17) is 4.43 Å². The number of nitrogens with one attached hydrogen (secondary N) is 1. The van der Waals surface area contributed by atoms with Gasteiger partial charge in [-0.25, -0.2) is 0 Å². The SMILES string of the molecule is CC[Si](C)(C)[Si]1(C)c2c(NC(C)(C)C)c(O[Si](C)(C)C)c3c([cH-]c4ccccc43)c21.[Cl-].[Cl-].[Ti+3]. The Morgan fingerprint density at radius 1 is 1.00 bits per heavy atom. The zero-order valence-corrected chi connectivity index (χ0v) is 27.8. The Hall–Kier alpha value is -0.145. The van der Waals surface area contributed by atoms with Crippen molar-refractivity contribution < 1.29 is 51.0 Å². The van der Waals surface area contributed by atoms with E-state index in [9.17, 15) is 0 Å². The third-order valence-electron chi connectivity index (χ3n) is 7.11. The Morgan fingerprint density at radius 3 is 2.09 bits per heavy atom. The zero-order chi connectivity index (χ0) is 22.3. The first kappa shape index (κ1) is 30.9. The van der Waals surface area contributed by atoms with Gasteiger partial charge in [-0.3, -0.25) is 0 Å². The third-order valence-corrected chi connectivity index (χ3v) is 25.8. The van der Waals surface area contributed by atoms with Crippen LogP contribution in [0.3, 0.4) is 0 Å². The number of rotatable bonds is 5. The molecule has 3 aromatic rings. The molecule has 1 radical (unpaired) electrons. The Bertz CT molecular complexity index is 1160. The van der Waals surface area contributed by atoms with E-state index < -0.39 is 23.5 Å². The normalized spacial score (nSPS) is 17.5. The maximum atomic E-state index is 6.93. The molecule has 0 aromatic heterocycles. The molecule has 1 atom stereocenters. The molecule has 0 amide bonds. The van der Waals surface area contributed by atoms with Crippen LogP contribution >= 0.6 is 0 Å². The first-order chi connectivity index (χ1) is 13.7. The van der Waals surface area contributed by atoms with Gasteiger partial charge in [0, 0.05) is 13.1 Å². The molecule has 4 rings (SSSR count). The molecule has 179 valence electrons. The van der Waals surface area contributed by atoms with Crippen molar-refractivity contribution in [2.75, 3.05) is 5.32 Å². The van der Waals surface area contributed by atoms with Crippen molar-refractivity contribution >= 4 is 61.1 Å². The van der Waals surface area contributed by atoms with Crippen LogP contribution in [0.4, 0.5) is 5.69 Å². The first-order valence-electron chi connectivity index (χ1n) is 11.4. The number of halogens is 2. The van der Waals surface area contributed by atoms with E-state index in [1.54, 1.807) is 10.4 Å². The largest absolute Gasteiger partial charge is 3.00 e. The van der Waals surface area contributed by atoms with Gasteiger partial charge >= 0.3 is 21.7 Å². The Labute approximate surface area is 230 Å². The number of hydrogen-bond donors (Lipinski definition) is 1. The van der Waals surface area contributed by atoms with E-state index >= 15 is 0 Å². The van der Waals surface area contributed by atoms with Crippen molar-refractivity contribution in [3.8, 4) is 5.75 Å². The number of fused-ring (bicyclic) bond motifs is 5. The van der Waals surface area contributed by atoms with Crippen LogP contribution < -0.4 is 44.9 Å². The van der Waals surface area contributed by atoms with E-state index in [-0.39, 0.29) is 52.1 Å². The summed E-state index contributed by atoms with van der Waals surface area (Å²) in [6, 6.07) is 12.7. The summed E-state index contributed by atoms with van der Waals surface area (Å²) in [7, 11) is -4.81.